The molecule has 1 aliphatic carbocycles. The Balaban J connectivity index is 1.53. The monoisotopic (exact) mass is 239 g/mol. The minimum absolute atomic E-state index is 0.487. The van der Waals surface area contributed by atoms with E-state index in [2.05, 4.69) is 20.3 Å². The van der Waals surface area contributed by atoms with Gasteiger partial charge in [-0.2, -0.15) is 0 Å². The summed E-state index contributed by atoms with van der Waals surface area (Å²) >= 11 is 0. The normalized spacial score (nSPS) is 17.5. The van der Waals surface area contributed by atoms with Gasteiger partial charge in [-0.1, -0.05) is 29.6 Å². The van der Waals surface area contributed by atoms with E-state index in [0.29, 0.717) is 12.6 Å². The van der Waals surface area contributed by atoms with Crippen molar-refractivity contribution in [3.8, 4) is 0 Å². The molecule has 0 aliphatic heterocycles. The third-order valence-electron chi connectivity index (χ3n) is 3.22. The highest BCUT2D eigenvalue weighted by Crippen LogP contribution is 2.19. The molecule has 17 heavy (non-hydrogen) atoms. The van der Waals surface area contributed by atoms with Crippen LogP contribution in [0.2, 0.25) is 0 Å². The molecule has 1 saturated carbocycles. The van der Waals surface area contributed by atoms with E-state index in [0.717, 1.165) is 24.5 Å². The molecule has 2 rings (SSSR count). The number of hydrogen-bond donors (Lipinski definition) is 1. The molecule has 5 nitrogen and oxygen atoms in total. The third kappa shape index (κ3) is 4.09. The van der Waals surface area contributed by atoms with Crippen LogP contribution in [0.25, 0.3) is 0 Å². The van der Waals surface area contributed by atoms with Gasteiger partial charge in [0.25, 0.3) is 0 Å². The summed E-state index contributed by atoms with van der Waals surface area (Å²) < 4.78 is 10.4. The zero-order valence-electron chi connectivity index (χ0n) is 10.4. The van der Waals surface area contributed by atoms with E-state index in [9.17, 15) is 0 Å². The molecule has 0 atom stereocenters. The van der Waals surface area contributed by atoms with Gasteiger partial charge in [0.1, 0.15) is 11.4 Å². The third-order valence-corrected chi connectivity index (χ3v) is 3.22. The van der Waals surface area contributed by atoms with Crippen molar-refractivity contribution in [1.82, 2.24) is 15.6 Å². The lowest BCUT2D eigenvalue weighted by Crippen LogP contribution is -2.24. The second-order valence-electron chi connectivity index (χ2n) is 4.60. The first-order chi connectivity index (χ1) is 8.36. The van der Waals surface area contributed by atoms with Crippen LogP contribution >= 0.6 is 0 Å². The molecule has 5 heteroatoms. The highest BCUT2D eigenvalue weighted by atomic mass is 16.6. The summed E-state index contributed by atoms with van der Waals surface area (Å²) in [4.78, 5) is 0. The molecular weight excluding hydrogens is 218 g/mol. The average Bonchev–Trinajstić information content (AvgIpc) is 2.76. The van der Waals surface area contributed by atoms with Crippen LogP contribution in [-0.4, -0.2) is 29.6 Å². The second kappa shape index (κ2) is 6.71. The van der Waals surface area contributed by atoms with Crippen LogP contribution < -0.4 is 5.32 Å². The SMILES string of the molecule is Cc1nonc1CNCCOC1CCCCC1. The van der Waals surface area contributed by atoms with Crippen molar-refractivity contribution in [3.05, 3.63) is 11.4 Å². The van der Waals surface area contributed by atoms with Gasteiger partial charge < -0.3 is 10.1 Å². The summed E-state index contributed by atoms with van der Waals surface area (Å²) in [5.41, 5.74) is 1.73. The predicted molar refractivity (Wildman–Crippen MR) is 63.6 cm³/mol. The number of nitrogens with zero attached hydrogens (tertiary/aromatic N) is 2. The minimum Gasteiger partial charge on any atom is -0.377 e. The molecule has 0 spiro atoms. The summed E-state index contributed by atoms with van der Waals surface area (Å²) in [5, 5.41) is 10.8. The van der Waals surface area contributed by atoms with E-state index >= 15 is 0 Å². The van der Waals surface area contributed by atoms with Crippen LogP contribution in [0, 0.1) is 6.92 Å². The van der Waals surface area contributed by atoms with Crippen LogP contribution in [0.1, 0.15) is 43.5 Å². The molecule has 0 unspecified atom stereocenters. The van der Waals surface area contributed by atoms with Gasteiger partial charge in [0.05, 0.1) is 12.7 Å². The Kier molecular flexibility index (Phi) is 4.94. The Morgan fingerprint density at radius 3 is 2.82 bits per heavy atom. The van der Waals surface area contributed by atoms with Gasteiger partial charge in [0, 0.05) is 13.1 Å². The summed E-state index contributed by atoms with van der Waals surface area (Å²) in [6, 6.07) is 0. The van der Waals surface area contributed by atoms with Gasteiger partial charge in [-0.3, -0.25) is 0 Å². The van der Waals surface area contributed by atoms with Crippen molar-refractivity contribution < 1.29 is 9.37 Å². The molecule has 1 aromatic rings. The molecule has 0 radical (unpaired) electrons. The van der Waals surface area contributed by atoms with Crippen molar-refractivity contribution >= 4 is 0 Å². The molecule has 0 bridgehead atoms. The highest BCUT2D eigenvalue weighted by molar-refractivity contribution is 5.03. The van der Waals surface area contributed by atoms with E-state index in [1.807, 2.05) is 6.92 Å². The summed E-state index contributed by atoms with van der Waals surface area (Å²) in [6.45, 7) is 4.22. The first-order valence-corrected chi connectivity index (χ1v) is 6.46. The van der Waals surface area contributed by atoms with Crippen LogP contribution in [0.3, 0.4) is 0 Å². The molecule has 0 aromatic carbocycles. The van der Waals surface area contributed by atoms with Crippen LogP contribution in [0.15, 0.2) is 4.63 Å². The van der Waals surface area contributed by atoms with E-state index in [4.69, 9.17) is 4.74 Å². The first-order valence-electron chi connectivity index (χ1n) is 6.46. The Labute approximate surface area is 102 Å². The molecule has 0 amide bonds. The van der Waals surface area contributed by atoms with E-state index in [1.54, 1.807) is 0 Å². The molecule has 1 aromatic heterocycles. The number of hydrogen-bond acceptors (Lipinski definition) is 5. The molecule has 1 N–H and O–H groups in total. The molecule has 1 fully saturated rings. The summed E-state index contributed by atoms with van der Waals surface area (Å²) in [5.74, 6) is 0. The average molecular weight is 239 g/mol. The minimum atomic E-state index is 0.487. The smallest absolute Gasteiger partial charge is 0.121 e. The van der Waals surface area contributed by atoms with Crippen LogP contribution in [0.4, 0.5) is 0 Å². The van der Waals surface area contributed by atoms with Gasteiger partial charge in [0.15, 0.2) is 0 Å². The Bertz CT molecular complexity index is 321. The van der Waals surface area contributed by atoms with Gasteiger partial charge in [-0.15, -0.1) is 0 Å². The predicted octanol–water partition coefficient (Wildman–Crippen LogP) is 1.82. The first kappa shape index (κ1) is 12.5. The number of aryl methyl sites for hydroxylation is 1. The maximum Gasteiger partial charge on any atom is 0.121 e. The fourth-order valence-electron chi connectivity index (χ4n) is 2.15. The van der Waals surface area contributed by atoms with Crippen molar-refractivity contribution in [2.45, 2.75) is 51.7 Å². The van der Waals surface area contributed by atoms with E-state index in [1.165, 1.54) is 32.1 Å². The molecular formula is C12H21N3O2. The van der Waals surface area contributed by atoms with Crippen LogP contribution in [0.5, 0.6) is 0 Å². The highest BCUT2D eigenvalue weighted by Gasteiger charge is 2.13. The van der Waals surface area contributed by atoms with Crippen molar-refractivity contribution in [3.63, 3.8) is 0 Å². The van der Waals surface area contributed by atoms with Crippen LogP contribution in [-0.2, 0) is 11.3 Å². The lowest BCUT2D eigenvalue weighted by Gasteiger charge is -2.21. The van der Waals surface area contributed by atoms with Crippen molar-refractivity contribution in [2.75, 3.05) is 13.2 Å². The molecule has 1 heterocycles. The summed E-state index contributed by atoms with van der Waals surface area (Å²) in [7, 11) is 0. The maximum atomic E-state index is 5.81. The van der Waals surface area contributed by atoms with Gasteiger partial charge in [-0.25, -0.2) is 4.63 Å². The molecule has 0 saturated heterocycles. The number of rotatable bonds is 6. The van der Waals surface area contributed by atoms with E-state index in [-0.39, 0.29) is 0 Å². The Morgan fingerprint density at radius 2 is 2.12 bits per heavy atom. The second-order valence-corrected chi connectivity index (χ2v) is 4.60. The quantitative estimate of drug-likeness (QED) is 0.767. The molecule has 1 aliphatic rings. The largest absolute Gasteiger partial charge is 0.377 e. The number of ether oxygens (including phenoxy) is 1. The van der Waals surface area contributed by atoms with Gasteiger partial charge in [-0.05, 0) is 19.8 Å². The topological polar surface area (TPSA) is 60.2 Å². The standard InChI is InChI=1S/C12H21N3O2/c1-10-12(15-17-14-10)9-13-7-8-16-11-5-3-2-4-6-11/h11,13H,2-9H2,1H3. The number of nitrogens with one attached hydrogen (secondary N) is 1. The van der Waals surface area contributed by atoms with E-state index < -0.39 is 0 Å². The van der Waals surface area contributed by atoms with Crippen molar-refractivity contribution in [1.29, 1.82) is 0 Å². The lowest BCUT2D eigenvalue weighted by atomic mass is 9.98. The zero-order valence-corrected chi connectivity index (χ0v) is 10.4. The Hall–Kier alpha value is -0.940. The summed E-state index contributed by atoms with van der Waals surface area (Å²) in [6.07, 6.45) is 6.96. The Morgan fingerprint density at radius 1 is 1.29 bits per heavy atom. The van der Waals surface area contributed by atoms with Gasteiger partial charge in [0.2, 0.25) is 0 Å². The molecule has 96 valence electrons. The fraction of sp³-hybridized carbons (Fsp3) is 0.833. The van der Waals surface area contributed by atoms with Crippen molar-refractivity contribution in [2.24, 2.45) is 0 Å². The maximum absolute atomic E-state index is 5.81. The fourth-order valence-corrected chi connectivity index (χ4v) is 2.15. The zero-order chi connectivity index (χ0) is 11.9. The number of aromatic nitrogens is 2. The van der Waals surface area contributed by atoms with Gasteiger partial charge >= 0.3 is 0 Å². The lowest BCUT2D eigenvalue weighted by molar-refractivity contribution is 0.0302.